The van der Waals surface area contributed by atoms with Gasteiger partial charge in [-0.25, -0.2) is 19.9 Å². The van der Waals surface area contributed by atoms with Crippen molar-refractivity contribution in [2.24, 2.45) is 0 Å². The van der Waals surface area contributed by atoms with E-state index in [1.54, 1.807) is 25.1 Å². The van der Waals surface area contributed by atoms with Gasteiger partial charge < -0.3 is 5.32 Å². The highest BCUT2D eigenvalue weighted by molar-refractivity contribution is 5.83. The van der Waals surface area contributed by atoms with Crippen LogP contribution in [0.3, 0.4) is 0 Å². The largest absolute Gasteiger partial charge is 0.334 e. The molecular formula is C16H20N4O2. The van der Waals surface area contributed by atoms with Crippen molar-refractivity contribution in [3.8, 4) is 0 Å². The minimum absolute atomic E-state index is 0.193. The lowest BCUT2D eigenvalue weighted by molar-refractivity contribution is 0.241. The van der Waals surface area contributed by atoms with Crippen molar-refractivity contribution in [2.75, 3.05) is 5.43 Å². The summed E-state index contributed by atoms with van der Waals surface area (Å²) in [5.74, 6) is 0.461. The lowest BCUT2D eigenvalue weighted by Gasteiger charge is -2.23. The van der Waals surface area contributed by atoms with Gasteiger partial charge in [0, 0.05) is 6.04 Å². The fraction of sp³-hybridized carbons (Fsp3) is 0.438. The van der Waals surface area contributed by atoms with E-state index in [2.05, 4.69) is 15.7 Å². The Bertz CT molecular complexity index is 747. The lowest BCUT2D eigenvalue weighted by atomic mass is 9.96. The van der Waals surface area contributed by atoms with E-state index in [0.717, 1.165) is 25.7 Å². The minimum atomic E-state index is -0.353. The number of urea groups is 1. The lowest BCUT2D eigenvalue weighted by Crippen LogP contribution is -2.45. The van der Waals surface area contributed by atoms with E-state index in [1.807, 2.05) is 6.07 Å². The molecule has 1 saturated carbocycles. The summed E-state index contributed by atoms with van der Waals surface area (Å²) in [5, 5.41) is 3.42. The van der Waals surface area contributed by atoms with Crippen LogP contribution >= 0.6 is 0 Å². The monoisotopic (exact) mass is 300 g/mol. The minimum Gasteiger partial charge on any atom is -0.334 e. The first-order chi connectivity index (χ1) is 10.6. The van der Waals surface area contributed by atoms with E-state index in [-0.39, 0.29) is 17.6 Å². The fourth-order valence-electron chi connectivity index (χ4n) is 2.94. The highest BCUT2D eigenvalue weighted by Gasteiger charge is 2.17. The van der Waals surface area contributed by atoms with Crippen molar-refractivity contribution in [1.29, 1.82) is 0 Å². The molecule has 2 N–H and O–H groups in total. The second kappa shape index (κ2) is 6.17. The van der Waals surface area contributed by atoms with E-state index in [4.69, 9.17) is 0 Å². The molecule has 0 aliphatic heterocycles. The van der Waals surface area contributed by atoms with E-state index in [9.17, 15) is 9.59 Å². The van der Waals surface area contributed by atoms with Crippen LogP contribution in [-0.2, 0) is 0 Å². The summed E-state index contributed by atoms with van der Waals surface area (Å²) >= 11 is 0. The molecule has 2 amide bonds. The third kappa shape index (κ3) is 2.95. The smallest absolute Gasteiger partial charge is 0.334 e. The van der Waals surface area contributed by atoms with E-state index >= 15 is 0 Å². The van der Waals surface area contributed by atoms with Gasteiger partial charge >= 0.3 is 6.03 Å². The molecule has 1 aromatic carbocycles. The van der Waals surface area contributed by atoms with Crippen LogP contribution in [0.2, 0.25) is 0 Å². The van der Waals surface area contributed by atoms with Gasteiger partial charge in [0.1, 0.15) is 5.82 Å². The van der Waals surface area contributed by atoms with E-state index in [0.29, 0.717) is 16.7 Å². The summed E-state index contributed by atoms with van der Waals surface area (Å²) in [7, 11) is 0. The maximum absolute atomic E-state index is 12.5. The van der Waals surface area contributed by atoms with Crippen molar-refractivity contribution in [3.63, 3.8) is 0 Å². The number of fused-ring (bicyclic) bond motifs is 1. The quantitative estimate of drug-likeness (QED) is 0.893. The van der Waals surface area contributed by atoms with Crippen molar-refractivity contribution < 1.29 is 4.79 Å². The van der Waals surface area contributed by atoms with Gasteiger partial charge in [0.25, 0.3) is 5.56 Å². The predicted molar refractivity (Wildman–Crippen MR) is 85.5 cm³/mol. The number of amides is 2. The van der Waals surface area contributed by atoms with Crippen LogP contribution in [0, 0.1) is 6.92 Å². The molecule has 0 saturated heterocycles. The van der Waals surface area contributed by atoms with Gasteiger partial charge in [-0.3, -0.25) is 4.79 Å². The standard InChI is InChI=1S/C16H20N4O2/c1-11-17-14-10-6-5-9-13(14)15(21)20(11)19-16(22)18-12-7-3-2-4-8-12/h5-6,9-10,12H,2-4,7-8H2,1H3,(H2,18,19,22). The number of carbonyl (C=O) groups is 1. The topological polar surface area (TPSA) is 76.0 Å². The second-order valence-electron chi connectivity index (χ2n) is 5.74. The number of hydrogen-bond acceptors (Lipinski definition) is 3. The van der Waals surface area contributed by atoms with Gasteiger partial charge in [0.15, 0.2) is 0 Å². The van der Waals surface area contributed by atoms with Gasteiger partial charge in [-0.05, 0) is 31.9 Å². The van der Waals surface area contributed by atoms with E-state index < -0.39 is 0 Å². The SMILES string of the molecule is Cc1nc2ccccc2c(=O)n1NC(=O)NC1CCCCC1. The average molecular weight is 300 g/mol. The zero-order chi connectivity index (χ0) is 15.5. The van der Waals surface area contributed by atoms with Crippen LogP contribution < -0.4 is 16.3 Å². The Morgan fingerprint density at radius 2 is 1.95 bits per heavy atom. The maximum Gasteiger partial charge on any atom is 0.334 e. The Labute approximate surface area is 128 Å². The zero-order valence-electron chi connectivity index (χ0n) is 12.6. The molecule has 1 aromatic heterocycles. The van der Waals surface area contributed by atoms with Crippen LogP contribution in [-0.4, -0.2) is 21.7 Å². The van der Waals surface area contributed by atoms with Crippen molar-refractivity contribution in [2.45, 2.75) is 45.1 Å². The highest BCUT2D eigenvalue weighted by Crippen LogP contribution is 2.17. The van der Waals surface area contributed by atoms with Crippen molar-refractivity contribution in [3.05, 3.63) is 40.4 Å². The average Bonchev–Trinajstić information content (AvgIpc) is 2.52. The van der Waals surface area contributed by atoms with Crippen LogP contribution in [0.5, 0.6) is 0 Å². The molecule has 0 unspecified atom stereocenters. The molecule has 2 aromatic rings. The molecule has 0 bridgehead atoms. The Kier molecular flexibility index (Phi) is 4.09. The van der Waals surface area contributed by atoms with Gasteiger partial charge in [-0.2, -0.15) is 0 Å². The molecule has 22 heavy (non-hydrogen) atoms. The van der Waals surface area contributed by atoms with Gasteiger partial charge in [0.2, 0.25) is 0 Å². The number of aromatic nitrogens is 2. The van der Waals surface area contributed by atoms with Crippen LogP contribution in [0.25, 0.3) is 10.9 Å². The van der Waals surface area contributed by atoms with Gasteiger partial charge in [-0.15, -0.1) is 0 Å². The molecule has 0 radical (unpaired) electrons. The van der Waals surface area contributed by atoms with Crippen LogP contribution in [0.15, 0.2) is 29.1 Å². The maximum atomic E-state index is 12.5. The summed E-state index contributed by atoms with van der Waals surface area (Å²) in [6.07, 6.45) is 5.50. The first kappa shape index (κ1) is 14.6. The number of nitrogens with one attached hydrogen (secondary N) is 2. The number of para-hydroxylation sites is 1. The summed E-state index contributed by atoms with van der Waals surface area (Å²) in [6.45, 7) is 1.70. The third-order valence-electron chi connectivity index (χ3n) is 4.10. The molecule has 6 nitrogen and oxygen atoms in total. The molecule has 1 heterocycles. The number of rotatable bonds is 2. The number of nitrogens with zero attached hydrogens (tertiary/aromatic N) is 2. The van der Waals surface area contributed by atoms with Gasteiger partial charge in [0.05, 0.1) is 10.9 Å². The highest BCUT2D eigenvalue weighted by atomic mass is 16.2. The molecule has 6 heteroatoms. The summed E-state index contributed by atoms with van der Waals surface area (Å²) in [4.78, 5) is 28.9. The molecule has 1 aliphatic carbocycles. The Balaban J connectivity index is 1.81. The normalized spacial score (nSPS) is 15.7. The molecule has 1 aliphatic rings. The number of aryl methyl sites for hydroxylation is 1. The number of hydrogen-bond donors (Lipinski definition) is 2. The summed E-state index contributed by atoms with van der Waals surface area (Å²) in [6, 6.07) is 6.96. The molecule has 0 spiro atoms. The first-order valence-electron chi connectivity index (χ1n) is 7.71. The van der Waals surface area contributed by atoms with Crippen molar-refractivity contribution in [1.82, 2.24) is 15.0 Å². The van der Waals surface area contributed by atoms with Crippen molar-refractivity contribution >= 4 is 16.9 Å². The molecular weight excluding hydrogens is 280 g/mol. The Morgan fingerprint density at radius 3 is 2.73 bits per heavy atom. The molecule has 1 fully saturated rings. The molecule has 116 valence electrons. The Morgan fingerprint density at radius 1 is 1.23 bits per heavy atom. The summed E-state index contributed by atoms with van der Waals surface area (Å²) < 4.78 is 1.21. The molecule has 0 atom stereocenters. The fourth-order valence-corrected chi connectivity index (χ4v) is 2.94. The Hall–Kier alpha value is -2.37. The number of carbonyl (C=O) groups excluding carboxylic acids is 1. The zero-order valence-corrected chi connectivity index (χ0v) is 12.6. The van der Waals surface area contributed by atoms with E-state index in [1.165, 1.54) is 11.1 Å². The first-order valence-corrected chi connectivity index (χ1v) is 7.71. The third-order valence-corrected chi connectivity index (χ3v) is 4.10. The predicted octanol–water partition coefficient (Wildman–Crippen LogP) is 2.29. The summed E-state index contributed by atoms with van der Waals surface area (Å²) in [5.41, 5.74) is 2.98. The van der Waals surface area contributed by atoms with Crippen LogP contribution in [0.4, 0.5) is 4.79 Å². The second-order valence-corrected chi connectivity index (χ2v) is 5.74. The number of benzene rings is 1. The molecule has 3 rings (SSSR count). The van der Waals surface area contributed by atoms with Gasteiger partial charge in [-0.1, -0.05) is 31.4 Å². The van der Waals surface area contributed by atoms with Crippen LogP contribution in [0.1, 0.15) is 37.9 Å².